The molecule has 31 heavy (non-hydrogen) atoms. The van der Waals surface area contributed by atoms with Crippen LogP contribution in [-0.2, 0) is 16.6 Å². The van der Waals surface area contributed by atoms with Gasteiger partial charge in [0.25, 0.3) is 0 Å². The Kier molecular flexibility index (Phi) is 7.14. The number of hydrogen-bond donors (Lipinski definition) is 2. The lowest BCUT2D eigenvalue weighted by molar-refractivity contribution is 0.0530. The van der Waals surface area contributed by atoms with Crippen molar-refractivity contribution in [2.75, 3.05) is 39.6 Å². The highest BCUT2D eigenvalue weighted by molar-refractivity contribution is 6.29. The summed E-state index contributed by atoms with van der Waals surface area (Å²) in [5.41, 5.74) is 2.28. The lowest BCUT2D eigenvalue weighted by atomic mass is 9.74. The van der Waals surface area contributed by atoms with E-state index in [0.717, 1.165) is 68.6 Å². The van der Waals surface area contributed by atoms with Crippen molar-refractivity contribution in [1.82, 2.24) is 15.6 Å². The Morgan fingerprint density at radius 3 is 2.74 bits per heavy atom. The quantitative estimate of drug-likeness (QED) is 0.387. The zero-order valence-corrected chi connectivity index (χ0v) is 18.6. The third-order valence-corrected chi connectivity index (χ3v) is 6.04. The first-order valence-corrected chi connectivity index (χ1v) is 11.2. The number of aliphatic imine (C=N–C) groups is 1. The van der Waals surface area contributed by atoms with Gasteiger partial charge in [-0.1, -0.05) is 23.7 Å². The van der Waals surface area contributed by atoms with Gasteiger partial charge in [-0.3, -0.25) is 4.99 Å². The van der Waals surface area contributed by atoms with E-state index in [4.69, 9.17) is 30.8 Å². The van der Waals surface area contributed by atoms with E-state index in [1.807, 2.05) is 24.4 Å². The molecule has 7 nitrogen and oxygen atoms in total. The number of pyridine rings is 1. The fourth-order valence-electron chi connectivity index (χ4n) is 3.98. The monoisotopic (exact) mass is 444 g/mol. The molecule has 2 aliphatic heterocycles. The van der Waals surface area contributed by atoms with Crippen LogP contribution in [0.2, 0.25) is 5.15 Å². The smallest absolute Gasteiger partial charge is 0.231 e. The summed E-state index contributed by atoms with van der Waals surface area (Å²) in [7, 11) is 0. The number of fused-ring (bicyclic) bond motifs is 1. The maximum absolute atomic E-state index is 5.87. The number of hydrogen-bond acceptors (Lipinski definition) is 5. The van der Waals surface area contributed by atoms with Gasteiger partial charge in [-0.15, -0.1) is 0 Å². The first-order chi connectivity index (χ1) is 15.2. The third kappa shape index (κ3) is 5.40. The molecule has 0 spiro atoms. The number of aromatic nitrogens is 1. The van der Waals surface area contributed by atoms with E-state index in [-0.39, 0.29) is 12.2 Å². The van der Waals surface area contributed by atoms with Gasteiger partial charge in [0.15, 0.2) is 17.5 Å². The van der Waals surface area contributed by atoms with E-state index >= 15 is 0 Å². The molecule has 0 radical (unpaired) electrons. The van der Waals surface area contributed by atoms with Crippen LogP contribution >= 0.6 is 11.6 Å². The average Bonchev–Trinajstić information content (AvgIpc) is 3.27. The van der Waals surface area contributed by atoms with Crippen LogP contribution < -0.4 is 20.1 Å². The highest BCUT2D eigenvalue weighted by Crippen LogP contribution is 2.41. The Hall–Kier alpha value is -2.51. The zero-order valence-electron chi connectivity index (χ0n) is 17.8. The normalized spacial score (nSPS) is 17.4. The second kappa shape index (κ2) is 10.2. The van der Waals surface area contributed by atoms with Gasteiger partial charge in [0.2, 0.25) is 6.79 Å². The number of rotatable bonds is 7. The minimum atomic E-state index is -0.0817. The lowest BCUT2D eigenvalue weighted by Gasteiger charge is -2.36. The summed E-state index contributed by atoms with van der Waals surface area (Å²) >= 11 is 5.87. The number of halogens is 1. The lowest BCUT2D eigenvalue weighted by Crippen LogP contribution is -2.41. The second-order valence-electron chi connectivity index (χ2n) is 7.82. The summed E-state index contributed by atoms with van der Waals surface area (Å²) in [6.45, 7) is 6.06. The highest BCUT2D eigenvalue weighted by atomic mass is 35.5. The Labute approximate surface area is 188 Å². The molecule has 2 aliphatic rings. The van der Waals surface area contributed by atoms with Crippen molar-refractivity contribution in [1.29, 1.82) is 0 Å². The molecule has 8 heteroatoms. The molecule has 3 heterocycles. The molecular weight excluding hydrogens is 416 g/mol. The van der Waals surface area contributed by atoms with Crippen LogP contribution in [0, 0.1) is 0 Å². The molecule has 2 N–H and O–H groups in total. The SMILES string of the molecule is CCNC(=NCC1(c2ccc3c(c2)OCO3)CCOCC1)NCCc1ccc(Cl)nc1. The Bertz CT molecular complexity index is 898. The summed E-state index contributed by atoms with van der Waals surface area (Å²) in [5, 5.41) is 7.30. The molecule has 4 rings (SSSR count). The van der Waals surface area contributed by atoms with E-state index < -0.39 is 0 Å². The van der Waals surface area contributed by atoms with E-state index in [2.05, 4.69) is 34.7 Å². The predicted molar refractivity (Wildman–Crippen MR) is 121 cm³/mol. The highest BCUT2D eigenvalue weighted by Gasteiger charge is 2.35. The summed E-state index contributed by atoms with van der Waals surface area (Å²) in [6, 6.07) is 10.1. The van der Waals surface area contributed by atoms with Gasteiger partial charge in [0.05, 0.1) is 6.54 Å². The minimum absolute atomic E-state index is 0.0817. The topological polar surface area (TPSA) is 77.0 Å². The number of nitrogens with zero attached hydrogens (tertiary/aromatic N) is 2. The van der Waals surface area contributed by atoms with Crippen molar-refractivity contribution < 1.29 is 14.2 Å². The van der Waals surface area contributed by atoms with Gasteiger partial charge in [-0.25, -0.2) is 4.98 Å². The third-order valence-electron chi connectivity index (χ3n) is 5.81. The zero-order chi connectivity index (χ0) is 21.5. The summed E-state index contributed by atoms with van der Waals surface area (Å²) in [5.74, 6) is 2.44. The molecule has 0 saturated carbocycles. The summed E-state index contributed by atoms with van der Waals surface area (Å²) < 4.78 is 16.8. The van der Waals surface area contributed by atoms with Crippen molar-refractivity contribution in [3.63, 3.8) is 0 Å². The van der Waals surface area contributed by atoms with Gasteiger partial charge in [0.1, 0.15) is 5.15 Å². The van der Waals surface area contributed by atoms with Crippen LogP contribution in [0.3, 0.4) is 0 Å². The van der Waals surface area contributed by atoms with Crippen molar-refractivity contribution >= 4 is 17.6 Å². The molecule has 0 unspecified atom stereocenters. The summed E-state index contributed by atoms with van der Waals surface area (Å²) in [6.07, 6.45) is 4.50. The Balaban J connectivity index is 1.45. The standard InChI is InChI=1S/C23H29ClN4O3/c1-2-25-22(26-10-7-17-3-6-21(24)27-14-17)28-15-23(8-11-29-12-9-23)18-4-5-19-20(13-18)31-16-30-19/h3-6,13-14H,2,7-12,15-16H2,1H3,(H2,25,26,28). The Morgan fingerprint density at radius 2 is 1.97 bits per heavy atom. The molecule has 166 valence electrons. The minimum Gasteiger partial charge on any atom is -0.454 e. The molecule has 0 atom stereocenters. The van der Waals surface area contributed by atoms with E-state index in [1.54, 1.807) is 0 Å². The van der Waals surface area contributed by atoms with Crippen LogP contribution in [-0.4, -0.2) is 50.6 Å². The Morgan fingerprint density at radius 1 is 1.13 bits per heavy atom. The van der Waals surface area contributed by atoms with Crippen molar-refractivity contribution in [3.8, 4) is 11.5 Å². The van der Waals surface area contributed by atoms with E-state index in [1.165, 1.54) is 5.56 Å². The first-order valence-electron chi connectivity index (χ1n) is 10.8. The molecule has 1 fully saturated rings. The van der Waals surface area contributed by atoms with Gasteiger partial charge in [-0.05, 0) is 55.5 Å². The number of ether oxygens (including phenoxy) is 3. The fraction of sp³-hybridized carbons (Fsp3) is 0.478. The molecule has 0 bridgehead atoms. The fourth-order valence-corrected chi connectivity index (χ4v) is 4.09. The van der Waals surface area contributed by atoms with Crippen LogP contribution in [0.1, 0.15) is 30.9 Å². The van der Waals surface area contributed by atoms with Crippen molar-refractivity contribution in [2.45, 2.75) is 31.6 Å². The van der Waals surface area contributed by atoms with E-state index in [9.17, 15) is 0 Å². The molecule has 0 aliphatic carbocycles. The average molecular weight is 445 g/mol. The van der Waals surface area contributed by atoms with Crippen molar-refractivity contribution in [3.05, 3.63) is 52.8 Å². The number of nitrogens with one attached hydrogen (secondary N) is 2. The molecule has 1 aromatic heterocycles. The van der Waals surface area contributed by atoms with Gasteiger partial charge in [0, 0.05) is 37.9 Å². The predicted octanol–water partition coefficient (Wildman–Crippen LogP) is 3.31. The molecular formula is C23H29ClN4O3. The van der Waals surface area contributed by atoms with Crippen LogP contribution in [0.25, 0.3) is 0 Å². The van der Waals surface area contributed by atoms with Crippen molar-refractivity contribution in [2.24, 2.45) is 4.99 Å². The van der Waals surface area contributed by atoms with Crippen LogP contribution in [0.5, 0.6) is 11.5 Å². The molecule has 2 aromatic rings. The second-order valence-corrected chi connectivity index (χ2v) is 8.21. The maximum Gasteiger partial charge on any atom is 0.231 e. The molecule has 1 saturated heterocycles. The number of guanidine groups is 1. The summed E-state index contributed by atoms with van der Waals surface area (Å²) in [4.78, 5) is 9.09. The van der Waals surface area contributed by atoms with Gasteiger partial charge >= 0.3 is 0 Å². The van der Waals surface area contributed by atoms with Gasteiger partial charge in [-0.2, -0.15) is 0 Å². The maximum atomic E-state index is 5.87. The molecule has 1 aromatic carbocycles. The van der Waals surface area contributed by atoms with Crippen LogP contribution in [0.15, 0.2) is 41.5 Å². The largest absolute Gasteiger partial charge is 0.454 e. The van der Waals surface area contributed by atoms with E-state index in [0.29, 0.717) is 11.7 Å². The first kappa shape index (κ1) is 21.7. The van der Waals surface area contributed by atoms with Crippen LogP contribution in [0.4, 0.5) is 0 Å². The van der Waals surface area contributed by atoms with Gasteiger partial charge < -0.3 is 24.8 Å². The molecule has 0 amide bonds. The number of benzene rings is 1.